The van der Waals surface area contributed by atoms with Gasteiger partial charge in [-0.25, -0.2) is 17.2 Å². The minimum atomic E-state index is -4.19. The molecule has 0 aliphatic rings. The van der Waals surface area contributed by atoms with Crippen LogP contribution < -0.4 is 9.62 Å². The lowest BCUT2D eigenvalue weighted by Gasteiger charge is -2.25. The van der Waals surface area contributed by atoms with E-state index >= 15 is 0 Å². The first-order valence-corrected chi connectivity index (χ1v) is 10.6. The molecule has 1 amide bonds. The molecule has 0 aliphatic heterocycles. The highest BCUT2D eigenvalue weighted by atomic mass is 32.2. The van der Waals surface area contributed by atoms with Crippen molar-refractivity contribution >= 4 is 21.6 Å². The van der Waals surface area contributed by atoms with Crippen molar-refractivity contribution in [2.45, 2.75) is 17.9 Å². The normalized spacial score (nSPS) is 12.2. The predicted octanol–water partition coefficient (Wildman–Crippen LogP) is 4.04. The van der Waals surface area contributed by atoms with Crippen molar-refractivity contribution in [3.63, 3.8) is 0 Å². The van der Waals surface area contributed by atoms with Gasteiger partial charge in [0.1, 0.15) is 18.2 Å². The fourth-order valence-corrected chi connectivity index (χ4v) is 4.38. The van der Waals surface area contributed by atoms with E-state index in [1.165, 1.54) is 54.6 Å². The molecule has 0 radical (unpaired) electrons. The van der Waals surface area contributed by atoms with Crippen LogP contribution in [0, 0.1) is 11.6 Å². The van der Waals surface area contributed by atoms with Crippen molar-refractivity contribution in [1.82, 2.24) is 5.32 Å². The van der Waals surface area contributed by atoms with Crippen LogP contribution in [0.5, 0.6) is 0 Å². The summed E-state index contributed by atoms with van der Waals surface area (Å²) in [6.45, 7) is 1.06. The van der Waals surface area contributed by atoms with Gasteiger partial charge < -0.3 is 5.32 Å². The van der Waals surface area contributed by atoms with Gasteiger partial charge in [-0.05, 0) is 48.9 Å². The summed E-state index contributed by atoms with van der Waals surface area (Å²) in [7, 11) is -4.19. The van der Waals surface area contributed by atoms with Gasteiger partial charge in [-0.3, -0.25) is 9.10 Å². The number of carbonyl (C=O) groups is 1. The van der Waals surface area contributed by atoms with Gasteiger partial charge in [-0.15, -0.1) is 0 Å². The van der Waals surface area contributed by atoms with Crippen molar-refractivity contribution in [3.8, 4) is 0 Å². The first kappa shape index (κ1) is 21.4. The highest BCUT2D eigenvalue weighted by Gasteiger charge is 2.29. The molecular weight excluding hydrogens is 410 g/mol. The number of benzene rings is 3. The van der Waals surface area contributed by atoms with E-state index < -0.39 is 40.2 Å². The van der Waals surface area contributed by atoms with Crippen molar-refractivity contribution in [2.24, 2.45) is 0 Å². The number of sulfonamides is 1. The molecular formula is C22H20F2N2O3S. The number of amides is 1. The van der Waals surface area contributed by atoms with Crippen molar-refractivity contribution in [3.05, 3.63) is 96.1 Å². The first-order chi connectivity index (χ1) is 14.3. The third-order valence-corrected chi connectivity index (χ3v) is 6.26. The molecule has 0 aromatic heterocycles. The molecule has 0 spiro atoms. The number of anilines is 1. The number of para-hydroxylation sites is 1. The van der Waals surface area contributed by atoms with Crippen LogP contribution in [0.25, 0.3) is 0 Å². The lowest BCUT2D eigenvalue weighted by atomic mass is 10.1. The number of halogens is 2. The van der Waals surface area contributed by atoms with Crippen LogP contribution >= 0.6 is 0 Å². The number of hydrogen-bond donors (Lipinski definition) is 1. The lowest BCUT2D eigenvalue weighted by molar-refractivity contribution is -0.120. The van der Waals surface area contributed by atoms with Crippen molar-refractivity contribution < 1.29 is 22.0 Å². The Kier molecular flexibility index (Phi) is 6.47. The Morgan fingerprint density at radius 2 is 1.53 bits per heavy atom. The van der Waals surface area contributed by atoms with E-state index in [9.17, 15) is 22.0 Å². The zero-order chi connectivity index (χ0) is 21.7. The molecule has 0 aliphatic carbocycles. The lowest BCUT2D eigenvalue weighted by Crippen LogP contribution is -2.42. The maximum atomic E-state index is 14.4. The van der Waals surface area contributed by atoms with E-state index in [-0.39, 0.29) is 10.6 Å². The van der Waals surface area contributed by atoms with Gasteiger partial charge >= 0.3 is 0 Å². The third-order valence-electron chi connectivity index (χ3n) is 4.49. The van der Waals surface area contributed by atoms with Gasteiger partial charge in [0.05, 0.1) is 16.6 Å². The quantitative estimate of drug-likeness (QED) is 0.615. The van der Waals surface area contributed by atoms with Crippen LogP contribution in [0.4, 0.5) is 14.5 Å². The summed E-state index contributed by atoms with van der Waals surface area (Å²) in [5, 5.41) is 2.67. The van der Waals surface area contributed by atoms with Gasteiger partial charge in [0.2, 0.25) is 5.91 Å². The average molecular weight is 430 g/mol. The Hall–Kier alpha value is -3.26. The molecule has 3 aromatic carbocycles. The Morgan fingerprint density at radius 1 is 0.933 bits per heavy atom. The molecule has 3 aromatic rings. The maximum Gasteiger partial charge on any atom is 0.264 e. The molecule has 0 heterocycles. The van der Waals surface area contributed by atoms with Crippen LogP contribution in [0.3, 0.4) is 0 Å². The molecule has 1 unspecified atom stereocenters. The van der Waals surface area contributed by atoms with Gasteiger partial charge in [0.15, 0.2) is 0 Å². The van der Waals surface area contributed by atoms with E-state index in [0.29, 0.717) is 5.56 Å². The molecule has 30 heavy (non-hydrogen) atoms. The summed E-state index contributed by atoms with van der Waals surface area (Å²) in [4.78, 5) is 12.6. The second-order valence-corrected chi connectivity index (χ2v) is 8.48. The van der Waals surface area contributed by atoms with E-state index in [2.05, 4.69) is 5.32 Å². The SMILES string of the molecule is CC(NC(=O)CN(c1ccccc1F)S(=O)(=O)c1ccccc1)c1ccc(F)cc1. The van der Waals surface area contributed by atoms with Crippen LogP contribution in [-0.2, 0) is 14.8 Å². The molecule has 1 atom stereocenters. The smallest absolute Gasteiger partial charge is 0.264 e. The molecule has 156 valence electrons. The summed E-state index contributed by atoms with van der Waals surface area (Å²) < 4.78 is 54.6. The Labute approximate surface area is 174 Å². The predicted molar refractivity (Wildman–Crippen MR) is 110 cm³/mol. The number of rotatable bonds is 7. The number of carbonyl (C=O) groups excluding carboxylic acids is 1. The average Bonchev–Trinajstić information content (AvgIpc) is 2.73. The van der Waals surface area contributed by atoms with E-state index in [1.54, 1.807) is 25.1 Å². The van der Waals surface area contributed by atoms with Gasteiger partial charge in [0.25, 0.3) is 10.0 Å². The number of nitrogens with zero attached hydrogens (tertiary/aromatic N) is 1. The molecule has 3 rings (SSSR count). The van der Waals surface area contributed by atoms with Crippen LogP contribution in [0.2, 0.25) is 0 Å². The van der Waals surface area contributed by atoms with Gasteiger partial charge in [-0.1, -0.05) is 42.5 Å². The molecule has 8 heteroatoms. The molecule has 0 fully saturated rings. The Morgan fingerprint density at radius 3 is 2.17 bits per heavy atom. The fraction of sp³-hybridized carbons (Fsp3) is 0.136. The number of hydrogen-bond acceptors (Lipinski definition) is 3. The maximum absolute atomic E-state index is 14.4. The van der Waals surface area contributed by atoms with Gasteiger partial charge in [-0.2, -0.15) is 0 Å². The monoisotopic (exact) mass is 430 g/mol. The highest BCUT2D eigenvalue weighted by Crippen LogP contribution is 2.26. The molecule has 0 saturated heterocycles. The molecule has 0 bridgehead atoms. The van der Waals surface area contributed by atoms with Crippen LogP contribution in [-0.4, -0.2) is 20.9 Å². The highest BCUT2D eigenvalue weighted by molar-refractivity contribution is 7.92. The van der Waals surface area contributed by atoms with Crippen molar-refractivity contribution in [2.75, 3.05) is 10.8 Å². The topological polar surface area (TPSA) is 66.5 Å². The van der Waals surface area contributed by atoms with E-state index in [4.69, 9.17) is 0 Å². The molecule has 0 saturated carbocycles. The standard InChI is InChI=1S/C22H20F2N2O3S/c1-16(17-11-13-18(23)14-12-17)25-22(27)15-26(21-10-6-5-9-20(21)24)30(28,29)19-7-3-2-4-8-19/h2-14,16H,15H2,1H3,(H,25,27). The summed E-state index contributed by atoms with van der Waals surface area (Å²) in [6, 6.07) is 17.9. The van der Waals surface area contributed by atoms with E-state index in [1.807, 2.05) is 0 Å². The second kappa shape index (κ2) is 9.04. The van der Waals surface area contributed by atoms with Gasteiger partial charge in [0, 0.05) is 0 Å². The fourth-order valence-electron chi connectivity index (χ4n) is 2.93. The Balaban J connectivity index is 1.88. The summed E-state index contributed by atoms with van der Waals surface area (Å²) in [6.07, 6.45) is 0. The molecule has 5 nitrogen and oxygen atoms in total. The summed E-state index contributed by atoms with van der Waals surface area (Å²) in [5.74, 6) is -1.80. The zero-order valence-corrected chi connectivity index (χ0v) is 16.9. The van der Waals surface area contributed by atoms with Crippen LogP contribution in [0.1, 0.15) is 18.5 Å². The minimum absolute atomic E-state index is 0.0624. The summed E-state index contributed by atoms with van der Waals surface area (Å²) >= 11 is 0. The minimum Gasteiger partial charge on any atom is -0.348 e. The number of nitrogens with one attached hydrogen (secondary N) is 1. The van der Waals surface area contributed by atoms with Crippen molar-refractivity contribution in [1.29, 1.82) is 0 Å². The summed E-state index contributed by atoms with van der Waals surface area (Å²) in [5.41, 5.74) is 0.416. The van der Waals surface area contributed by atoms with Crippen LogP contribution in [0.15, 0.2) is 83.8 Å². The first-order valence-electron chi connectivity index (χ1n) is 9.16. The third kappa shape index (κ3) is 4.83. The van der Waals surface area contributed by atoms with E-state index in [0.717, 1.165) is 10.4 Å². The molecule has 1 N–H and O–H groups in total. The largest absolute Gasteiger partial charge is 0.348 e. The zero-order valence-electron chi connectivity index (χ0n) is 16.1. The second-order valence-electron chi connectivity index (χ2n) is 6.62. The Bertz CT molecular complexity index is 1120.